The summed E-state index contributed by atoms with van der Waals surface area (Å²) < 4.78 is 6.31. The molecule has 1 aromatic heterocycles. The number of anilines is 1. The molecular formula is C22H27BrN4O2. The van der Waals surface area contributed by atoms with Gasteiger partial charge in [0.05, 0.1) is 11.2 Å². The van der Waals surface area contributed by atoms with Crippen LogP contribution in [0.4, 0.5) is 5.69 Å². The van der Waals surface area contributed by atoms with E-state index in [2.05, 4.69) is 31.1 Å². The first-order valence-corrected chi connectivity index (χ1v) is 11.3. The van der Waals surface area contributed by atoms with E-state index >= 15 is 0 Å². The van der Waals surface area contributed by atoms with Crippen molar-refractivity contribution in [3.05, 3.63) is 34.4 Å². The third-order valence-corrected chi connectivity index (χ3v) is 7.59. The van der Waals surface area contributed by atoms with E-state index in [-0.39, 0.29) is 5.91 Å². The van der Waals surface area contributed by atoms with E-state index in [9.17, 15) is 4.79 Å². The summed E-state index contributed by atoms with van der Waals surface area (Å²) in [5, 5.41) is 3.96. The van der Waals surface area contributed by atoms with Crippen LogP contribution in [0.2, 0.25) is 0 Å². The number of benzene rings is 1. The van der Waals surface area contributed by atoms with Gasteiger partial charge in [0, 0.05) is 49.3 Å². The SMILES string of the molecule is Nc1c(Br)ccc2nc(C(=O)NCC3C4CN(CC5CCOCC5)CC34)ccc12. The Balaban J connectivity index is 1.12. The molecule has 154 valence electrons. The second kappa shape index (κ2) is 7.85. The molecule has 2 unspecified atom stereocenters. The van der Waals surface area contributed by atoms with Gasteiger partial charge in [-0.25, -0.2) is 4.98 Å². The normalized spacial score (nSPS) is 27.1. The summed E-state index contributed by atoms with van der Waals surface area (Å²) in [5.41, 5.74) is 7.92. The molecule has 1 amide bonds. The van der Waals surface area contributed by atoms with Gasteiger partial charge in [-0.3, -0.25) is 4.79 Å². The number of ether oxygens (including phenoxy) is 1. The first kappa shape index (κ1) is 19.3. The number of halogens is 1. The molecule has 1 aromatic carbocycles. The zero-order valence-electron chi connectivity index (χ0n) is 16.4. The highest BCUT2D eigenvalue weighted by molar-refractivity contribution is 9.10. The van der Waals surface area contributed by atoms with E-state index in [1.54, 1.807) is 6.07 Å². The predicted molar refractivity (Wildman–Crippen MR) is 117 cm³/mol. The maximum atomic E-state index is 12.6. The van der Waals surface area contributed by atoms with Crippen LogP contribution in [0.25, 0.3) is 10.9 Å². The van der Waals surface area contributed by atoms with Crippen molar-refractivity contribution in [1.29, 1.82) is 0 Å². The van der Waals surface area contributed by atoms with Crippen LogP contribution in [0.3, 0.4) is 0 Å². The van der Waals surface area contributed by atoms with Crippen LogP contribution in [0.1, 0.15) is 23.3 Å². The van der Waals surface area contributed by atoms with Crippen molar-refractivity contribution >= 4 is 38.4 Å². The smallest absolute Gasteiger partial charge is 0.269 e. The summed E-state index contributed by atoms with van der Waals surface area (Å²) in [6, 6.07) is 7.37. The van der Waals surface area contributed by atoms with Gasteiger partial charge in [0.1, 0.15) is 5.69 Å². The van der Waals surface area contributed by atoms with Crippen molar-refractivity contribution in [2.75, 3.05) is 45.1 Å². The Hall–Kier alpha value is -1.70. The van der Waals surface area contributed by atoms with E-state index in [0.717, 1.165) is 52.9 Å². The van der Waals surface area contributed by atoms with Gasteiger partial charge < -0.3 is 20.7 Å². The number of piperidine rings is 1. The number of nitrogens with zero attached hydrogens (tertiary/aromatic N) is 2. The molecule has 2 atom stereocenters. The molecule has 6 nitrogen and oxygen atoms in total. The number of nitrogen functional groups attached to an aromatic ring is 1. The number of carbonyl (C=O) groups excluding carboxylic acids is 1. The number of nitrogens with one attached hydrogen (secondary N) is 1. The molecule has 5 rings (SSSR count). The molecule has 0 bridgehead atoms. The number of nitrogens with two attached hydrogens (primary N) is 1. The van der Waals surface area contributed by atoms with E-state index < -0.39 is 0 Å². The quantitative estimate of drug-likeness (QED) is 0.673. The summed E-state index contributed by atoms with van der Waals surface area (Å²) in [7, 11) is 0. The Labute approximate surface area is 179 Å². The predicted octanol–water partition coefficient (Wildman–Crippen LogP) is 2.91. The van der Waals surface area contributed by atoms with Gasteiger partial charge in [-0.05, 0) is 76.7 Å². The molecule has 1 saturated carbocycles. The lowest BCUT2D eigenvalue weighted by atomic mass is 9.99. The number of amides is 1. The van der Waals surface area contributed by atoms with Crippen molar-refractivity contribution in [3.63, 3.8) is 0 Å². The molecule has 1 aliphatic carbocycles. The minimum Gasteiger partial charge on any atom is -0.397 e. The summed E-state index contributed by atoms with van der Waals surface area (Å²) in [6.07, 6.45) is 2.40. The maximum Gasteiger partial charge on any atom is 0.269 e. The summed E-state index contributed by atoms with van der Waals surface area (Å²) >= 11 is 3.43. The Morgan fingerprint density at radius 3 is 2.72 bits per heavy atom. The summed E-state index contributed by atoms with van der Waals surface area (Å²) in [4.78, 5) is 19.7. The summed E-state index contributed by atoms with van der Waals surface area (Å²) in [5.74, 6) is 2.82. The molecule has 3 N–H and O–H groups in total. The summed E-state index contributed by atoms with van der Waals surface area (Å²) in [6.45, 7) is 6.19. The van der Waals surface area contributed by atoms with Crippen LogP contribution < -0.4 is 11.1 Å². The fourth-order valence-electron chi connectivity index (χ4n) is 5.11. The standard InChI is InChI=1S/C22H27BrN4O2/c23-18-2-4-19-14(21(18)24)1-3-20(26-19)22(28)25-9-15-16-11-27(12-17(15)16)10-13-5-7-29-8-6-13/h1-4,13,15-17H,5-12,24H2,(H,25,28). The molecule has 2 saturated heterocycles. The molecule has 29 heavy (non-hydrogen) atoms. The molecule has 3 heterocycles. The second-order valence-electron chi connectivity index (χ2n) is 8.70. The van der Waals surface area contributed by atoms with E-state index in [1.807, 2.05) is 18.2 Å². The first-order valence-electron chi connectivity index (χ1n) is 10.5. The van der Waals surface area contributed by atoms with Gasteiger partial charge >= 0.3 is 0 Å². The van der Waals surface area contributed by atoms with Gasteiger partial charge in [0.15, 0.2) is 0 Å². The van der Waals surface area contributed by atoms with E-state index in [1.165, 1.54) is 32.5 Å². The second-order valence-corrected chi connectivity index (χ2v) is 9.55. The minimum atomic E-state index is -0.0996. The molecule has 2 aliphatic heterocycles. The van der Waals surface area contributed by atoms with E-state index in [4.69, 9.17) is 10.5 Å². The van der Waals surface area contributed by atoms with Crippen molar-refractivity contribution in [2.45, 2.75) is 12.8 Å². The molecule has 0 radical (unpaired) electrons. The van der Waals surface area contributed by atoms with Crippen molar-refractivity contribution in [1.82, 2.24) is 15.2 Å². The fraction of sp³-hybridized carbons (Fsp3) is 0.545. The zero-order valence-corrected chi connectivity index (χ0v) is 18.0. The topological polar surface area (TPSA) is 80.5 Å². The van der Waals surface area contributed by atoms with Crippen molar-refractivity contribution < 1.29 is 9.53 Å². The highest BCUT2D eigenvalue weighted by Gasteiger charge is 2.55. The van der Waals surface area contributed by atoms with Gasteiger partial charge in [-0.2, -0.15) is 0 Å². The minimum absolute atomic E-state index is 0.0996. The molecule has 7 heteroatoms. The lowest BCUT2D eigenvalue weighted by Gasteiger charge is -2.28. The molecule has 3 aliphatic rings. The van der Waals surface area contributed by atoms with Crippen LogP contribution >= 0.6 is 15.9 Å². The van der Waals surface area contributed by atoms with Crippen LogP contribution in [-0.4, -0.2) is 55.2 Å². The number of hydrogen-bond acceptors (Lipinski definition) is 5. The number of hydrogen-bond donors (Lipinski definition) is 2. The zero-order chi connectivity index (χ0) is 20.0. The van der Waals surface area contributed by atoms with Crippen LogP contribution in [0.5, 0.6) is 0 Å². The number of carbonyl (C=O) groups is 1. The molecule has 0 spiro atoms. The third kappa shape index (κ3) is 3.88. The van der Waals surface area contributed by atoms with Crippen molar-refractivity contribution in [2.24, 2.45) is 23.7 Å². The van der Waals surface area contributed by atoms with Gasteiger partial charge in [-0.1, -0.05) is 0 Å². The largest absolute Gasteiger partial charge is 0.397 e. The monoisotopic (exact) mass is 458 g/mol. The lowest BCUT2D eigenvalue weighted by molar-refractivity contribution is 0.0535. The van der Waals surface area contributed by atoms with Crippen molar-refractivity contribution in [3.8, 4) is 0 Å². The van der Waals surface area contributed by atoms with E-state index in [0.29, 0.717) is 17.3 Å². The highest BCUT2D eigenvalue weighted by atomic mass is 79.9. The number of pyridine rings is 1. The third-order valence-electron chi connectivity index (χ3n) is 6.89. The van der Waals surface area contributed by atoms with Crippen LogP contribution in [-0.2, 0) is 4.74 Å². The Morgan fingerprint density at radius 2 is 1.97 bits per heavy atom. The first-order chi connectivity index (χ1) is 14.1. The van der Waals surface area contributed by atoms with Gasteiger partial charge in [-0.15, -0.1) is 0 Å². The Bertz CT molecular complexity index is 918. The van der Waals surface area contributed by atoms with Crippen LogP contribution in [0.15, 0.2) is 28.7 Å². The number of fused-ring (bicyclic) bond motifs is 2. The maximum absolute atomic E-state index is 12.6. The average molecular weight is 459 g/mol. The lowest BCUT2D eigenvalue weighted by Crippen LogP contribution is -2.34. The Morgan fingerprint density at radius 1 is 1.21 bits per heavy atom. The number of likely N-dealkylation sites (tertiary alicyclic amines) is 1. The molecular weight excluding hydrogens is 432 g/mol. The highest BCUT2D eigenvalue weighted by Crippen LogP contribution is 2.51. The van der Waals surface area contributed by atoms with Gasteiger partial charge in [0.25, 0.3) is 5.91 Å². The fourth-order valence-corrected chi connectivity index (χ4v) is 5.46. The van der Waals surface area contributed by atoms with Gasteiger partial charge in [0.2, 0.25) is 0 Å². The Kier molecular flexibility index (Phi) is 5.22. The average Bonchev–Trinajstić information content (AvgIpc) is 3.20. The molecule has 3 fully saturated rings. The molecule has 2 aromatic rings. The number of rotatable bonds is 5. The van der Waals surface area contributed by atoms with Crippen LogP contribution in [0, 0.1) is 23.7 Å². The number of aromatic nitrogens is 1.